The van der Waals surface area contributed by atoms with E-state index < -0.39 is 6.03 Å². The Morgan fingerprint density at radius 2 is 1.90 bits per heavy atom. The number of para-hydroxylation sites is 1. The molecule has 0 aliphatic carbocycles. The van der Waals surface area contributed by atoms with E-state index in [1.165, 1.54) is 0 Å². The molecule has 0 unspecified atom stereocenters. The zero-order valence-electron chi connectivity index (χ0n) is 11.3. The van der Waals surface area contributed by atoms with Crippen molar-refractivity contribution in [2.45, 2.75) is 6.92 Å². The van der Waals surface area contributed by atoms with E-state index in [-0.39, 0.29) is 5.75 Å². The molecule has 0 aliphatic rings. The number of benzene rings is 2. The number of urea groups is 1. The standard InChI is InChI=1S/C15H14BrN3O2/c1-10(13-9-11(16)7-8-14(13)20)18-19-15(21)17-12-5-3-2-4-6-12/h2-9,20H,1H3,(H2,17,19,21)/b18-10+. The van der Waals surface area contributed by atoms with Crippen molar-refractivity contribution < 1.29 is 9.90 Å². The van der Waals surface area contributed by atoms with Gasteiger partial charge in [0.1, 0.15) is 5.75 Å². The van der Waals surface area contributed by atoms with Crippen molar-refractivity contribution in [1.82, 2.24) is 5.43 Å². The Bertz CT molecular complexity index is 672. The lowest BCUT2D eigenvalue weighted by Gasteiger charge is -2.07. The SMILES string of the molecule is C/C(=N\NC(=O)Nc1ccccc1)c1cc(Br)ccc1O. The fourth-order valence-corrected chi connectivity index (χ4v) is 2.03. The molecule has 5 nitrogen and oxygen atoms in total. The van der Waals surface area contributed by atoms with Crippen LogP contribution in [0.2, 0.25) is 0 Å². The molecule has 0 fully saturated rings. The van der Waals surface area contributed by atoms with Gasteiger partial charge in [-0.3, -0.25) is 0 Å². The quantitative estimate of drug-likeness (QED) is 0.585. The molecule has 0 aromatic heterocycles. The number of anilines is 1. The van der Waals surface area contributed by atoms with Crippen LogP contribution < -0.4 is 10.7 Å². The lowest BCUT2D eigenvalue weighted by molar-refractivity contribution is 0.252. The van der Waals surface area contributed by atoms with Gasteiger partial charge < -0.3 is 10.4 Å². The van der Waals surface area contributed by atoms with Crippen molar-refractivity contribution in [1.29, 1.82) is 0 Å². The lowest BCUT2D eigenvalue weighted by Crippen LogP contribution is -2.25. The molecule has 2 rings (SSSR count). The van der Waals surface area contributed by atoms with Crippen molar-refractivity contribution in [3.8, 4) is 5.75 Å². The molecule has 2 aromatic rings. The van der Waals surface area contributed by atoms with Gasteiger partial charge in [0.2, 0.25) is 0 Å². The van der Waals surface area contributed by atoms with Crippen molar-refractivity contribution in [2.24, 2.45) is 5.10 Å². The average Bonchev–Trinajstić information content (AvgIpc) is 2.48. The van der Waals surface area contributed by atoms with Crippen LogP contribution in [0, 0.1) is 0 Å². The van der Waals surface area contributed by atoms with Crippen LogP contribution in [-0.4, -0.2) is 16.8 Å². The third-order valence-corrected chi connectivity index (χ3v) is 3.20. The summed E-state index contributed by atoms with van der Waals surface area (Å²) in [6.07, 6.45) is 0. The van der Waals surface area contributed by atoms with Crippen LogP contribution in [0.4, 0.5) is 10.5 Å². The number of phenolic OH excluding ortho intramolecular Hbond substituents is 1. The highest BCUT2D eigenvalue weighted by molar-refractivity contribution is 9.10. The first-order chi connectivity index (χ1) is 10.1. The highest BCUT2D eigenvalue weighted by Crippen LogP contribution is 2.22. The Morgan fingerprint density at radius 1 is 1.19 bits per heavy atom. The van der Waals surface area contributed by atoms with Gasteiger partial charge in [-0.15, -0.1) is 0 Å². The number of hydrogen-bond acceptors (Lipinski definition) is 3. The summed E-state index contributed by atoms with van der Waals surface area (Å²) in [4.78, 5) is 11.7. The monoisotopic (exact) mass is 347 g/mol. The number of nitrogens with zero attached hydrogens (tertiary/aromatic N) is 1. The molecule has 0 radical (unpaired) electrons. The molecule has 21 heavy (non-hydrogen) atoms. The first-order valence-electron chi connectivity index (χ1n) is 6.21. The summed E-state index contributed by atoms with van der Waals surface area (Å²) in [5.74, 6) is 0.102. The van der Waals surface area contributed by atoms with Gasteiger partial charge in [-0.05, 0) is 37.3 Å². The molecule has 0 atom stereocenters. The summed E-state index contributed by atoms with van der Waals surface area (Å²) >= 11 is 3.32. The third-order valence-electron chi connectivity index (χ3n) is 2.71. The van der Waals surface area contributed by atoms with E-state index in [1.54, 1.807) is 37.3 Å². The first kappa shape index (κ1) is 15.1. The smallest absolute Gasteiger partial charge is 0.339 e. The maximum Gasteiger partial charge on any atom is 0.339 e. The predicted molar refractivity (Wildman–Crippen MR) is 86.6 cm³/mol. The molecule has 0 spiro atoms. The van der Waals surface area contributed by atoms with E-state index >= 15 is 0 Å². The lowest BCUT2D eigenvalue weighted by atomic mass is 10.1. The molecule has 3 N–H and O–H groups in total. The van der Waals surface area contributed by atoms with E-state index in [2.05, 4.69) is 31.8 Å². The molecule has 2 aromatic carbocycles. The van der Waals surface area contributed by atoms with Gasteiger partial charge in [0.05, 0.1) is 5.71 Å². The average molecular weight is 348 g/mol. The van der Waals surface area contributed by atoms with Gasteiger partial charge in [-0.1, -0.05) is 34.1 Å². The van der Waals surface area contributed by atoms with Gasteiger partial charge in [0, 0.05) is 15.7 Å². The van der Waals surface area contributed by atoms with Crippen LogP contribution in [0.25, 0.3) is 0 Å². The van der Waals surface area contributed by atoms with Crippen molar-refractivity contribution in [3.63, 3.8) is 0 Å². The third kappa shape index (κ3) is 4.32. The van der Waals surface area contributed by atoms with Crippen LogP contribution in [-0.2, 0) is 0 Å². The molecule has 2 amide bonds. The van der Waals surface area contributed by atoms with Crippen LogP contribution in [0.1, 0.15) is 12.5 Å². The molecule has 6 heteroatoms. The second-order valence-electron chi connectivity index (χ2n) is 4.29. The highest BCUT2D eigenvalue weighted by Gasteiger charge is 2.06. The number of rotatable bonds is 3. The zero-order valence-corrected chi connectivity index (χ0v) is 12.9. The second-order valence-corrected chi connectivity index (χ2v) is 5.21. The van der Waals surface area contributed by atoms with Crippen LogP contribution in [0.5, 0.6) is 5.75 Å². The topological polar surface area (TPSA) is 73.7 Å². The maximum atomic E-state index is 11.7. The Kier molecular flexibility index (Phi) is 4.94. The van der Waals surface area contributed by atoms with Crippen molar-refractivity contribution in [3.05, 3.63) is 58.6 Å². The van der Waals surface area contributed by atoms with Crippen LogP contribution in [0.3, 0.4) is 0 Å². The Hall–Kier alpha value is -2.34. The number of carbonyl (C=O) groups is 1. The summed E-state index contributed by atoms with van der Waals surface area (Å²) in [7, 11) is 0. The fourth-order valence-electron chi connectivity index (χ4n) is 1.67. The largest absolute Gasteiger partial charge is 0.507 e. The summed E-state index contributed by atoms with van der Waals surface area (Å²) in [6, 6.07) is 13.6. The number of carbonyl (C=O) groups excluding carboxylic acids is 1. The summed E-state index contributed by atoms with van der Waals surface area (Å²) in [6.45, 7) is 1.70. The van der Waals surface area contributed by atoms with E-state index in [4.69, 9.17) is 0 Å². The van der Waals surface area contributed by atoms with Crippen LogP contribution >= 0.6 is 15.9 Å². The minimum absolute atomic E-state index is 0.102. The first-order valence-corrected chi connectivity index (χ1v) is 7.01. The summed E-state index contributed by atoms with van der Waals surface area (Å²) < 4.78 is 0.818. The van der Waals surface area contributed by atoms with Gasteiger partial charge in [0.15, 0.2) is 0 Å². The number of amides is 2. The normalized spacial score (nSPS) is 11.0. The molecule has 108 valence electrons. The summed E-state index contributed by atoms with van der Waals surface area (Å²) in [5, 5.41) is 16.4. The van der Waals surface area contributed by atoms with E-state index in [0.717, 1.165) is 4.47 Å². The van der Waals surface area contributed by atoms with Crippen molar-refractivity contribution in [2.75, 3.05) is 5.32 Å². The highest BCUT2D eigenvalue weighted by atomic mass is 79.9. The number of hydrazone groups is 1. The number of hydrogen-bond donors (Lipinski definition) is 3. The Balaban J connectivity index is 2.03. The molecular formula is C15H14BrN3O2. The fraction of sp³-hybridized carbons (Fsp3) is 0.0667. The molecule has 0 bridgehead atoms. The van der Waals surface area contributed by atoms with E-state index in [1.807, 2.05) is 18.2 Å². The van der Waals surface area contributed by atoms with Gasteiger partial charge in [-0.25, -0.2) is 10.2 Å². The number of aromatic hydroxyl groups is 1. The van der Waals surface area contributed by atoms with Gasteiger partial charge in [-0.2, -0.15) is 5.10 Å². The van der Waals surface area contributed by atoms with Crippen molar-refractivity contribution >= 4 is 33.4 Å². The van der Waals surface area contributed by atoms with Gasteiger partial charge >= 0.3 is 6.03 Å². The Labute approximate surface area is 130 Å². The molecule has 0 aliphatic heterocycles. The number of nitrogens with one attached hydrogen (secondary N) is 2. The molecular weight excluding hydrogens is 334 g/mol. The predicted octanol–water partition coefficient (Wildman–Crippen LogP) is 3.70. The minimum Gasteiger partial charge on any atom is -0.507 e. The molecule has 0 heterocycles. The molecule has 0 saturated carbocycles. The van der Waals surface area contributed by atoms with Gasteiger partial charge in [0.25, 0.3) is 0 Å². The summed E-state index contributed by atoms with van der Waals surface area (Å²) in [5.41, 5.74) is 4.10. The second kappa shape index (κ2) is 6.90. The number of halogens is 1. The van der Waals surface area contributed by atoms with E-state index in [9.17, 15) is 9.90 Å². The zero-order chi connectivity index (χ0) is 15.2. The maximum absolute atomic E-state index is 11.7. The Morgan fingerprint density at radius 3 is 2.62 bits per heavy atom. The minimum atomic E-state index is -0.449. The van der Waals surface area contributed by atoms with Crippen LogP contribution in [0.15, 0.2) is 58.1 Å². The molecule has 0 saturated heterocycles. The number of phenols is 1. The van der Waals surface area contributed by atoms with E-state index in [0.29, 0.717) is 17.0 Å².